The fourth-order valence-corrected chi connectivity index (χ4v) is 1.47. The average molecular weight is 234 g/mol. The zero-order valence-electron chi connectivity index (χ0n) is 10.1. The van der Waals surface area contributed by atoms with Gasteiger partial charge in [0, 0.05) is 11.5 Å². The van der Waals surface area contributed by atoms with Crippen LogP contribution in [0, 0.1) is 16.0 Å². The van der Waals surface area contributed by atoms with Crippen molar-refractivity contribution in [1.29, 1.82) is 0 Å². The number of para-hydroxylation sites is 1. The van der Waals surface area contributed by atoms with Crippen LogP contribution in [0.1, 0.15) is 25.8 Å². The zero-order valence-corrected chi connectivity index (χ0v) is 10.1. The number of benzene rings is 1. The van der Waals surface area contributed by atoms with Crippen molar-refractivity contribution < 1.29 is 9.66 Å². The second-order valence-corrected chi connectivity index (χ2v) is 3.65. The Hall–Kier alpha value is -1.84. The molecule has 4 nitrogen and oxygen atoms in total. The molecule has 0 aliphatic heterocycles. The number of hydrogen-bond acceptors (Lipinski definition) is 3. The van der Waals surface area contributed by atoms with Gasteiger partial charge in [-0.15, -0.1) is 6.58 Å². The third kappa shape index (κ3) is 3.06. The lowest BCUT2D eigenvalue weighted by Gasteiger charge is -2.11. The van der Waals surface area contributed by atoms with Crippen LogP contribution in [0.3, 0.4) is 0 Å². The summed E-state index contributed by atoms with van der Waals surface area (Å²) in [6.45, 7) is 7.84. The smallest absolute Gasteiger partial charge is 0.314 e. The molecule has 0 aromatic heterocycles. The second-order valence-electron chi connectivity index (χ2n) is 3.65. The van der Waals surface area contributed by atoms with Gasteiger partial charge in [0.05, 0.1) is 11.5 Å². The van der Waals surface area contributed by atoms with Gasteiger partial charge in [-0.1, -0.05) is 32.1 Å². The molecule has 0 fully saturated rings. The molecule has 0 unspecified atom stereocenters. The Labute approximate surface area is 101 Å². The summed E-state index contributed by atoms with van der Waals surface area (Å²) >= 11 is 0. The molecule has 0 N–H and O–H groups in total. The second kappa shape index (κ2) is 6.03. The molecular formula is C13H16NO3. The van der Waals surface area contributed by atoms with Gasteiger partial charge in [0.2, 0.25) is 0 Å². The van der Waals surface area contributed by atoms with Gasteiger partial charge in [0.15, 0.2) is 5.75 Å². The van der Waals surface area contributed by atoms with Gasteiger partial charge in [-0.3, -0.25) is 10.1 Å². The molecule has 0 aliphatic rings. The van der Waals surface area contributed by atoms with Crippen molar-refractivity contribution in [2.75, 3.05) is 6.61 Å². The van der Waals surface area contributed by atoms with Crippen molar-refractivity contribution >= 4 is 5.69 Å². The molecule has 0 aliphatic carbocycles. The van der Waals surface area contributed by atoms with E-state index in [1.165, 1.54) is 0 Å². The number of nitro benzene ring substituents is 1. The number of hydrogen-bond donors (Lipinski definition) is 0. The Bertz CT molecular complexity index is 415. The summed E-state index contributed by atoms with van der Waals surface area (Å²) in [4.78, 5) is 10.7. The van der Waals surface area contributed by atoms with E-state index in [-0.39, 0.29) is 5.69 Å². The van der Waals surface area contributed by atoms with Crippen LogP contribution in [0.5, 0.6) is 5.75 Å². The highest BCUT2D eigenvalue weighted by atomic mass is 16.6. The van der Waals surface area contributed by atoms with Crippen molar-refractivity contribution in [1.82, 2.24) is 0 Å². The number of rotatable bonds is 6. The number of ether oxygens (including phenoxy) is 1. The van der Waals surface area contributed by atoms with E-state index < -0.39 is 4.92 Å². The summed E-state index contributed by atoms with van der Waals surface area (Å²) in [6.07, 6.45) is 2.41. The Kier molecular flexibility index (Phi) is 4.69. The van der Waals surface area contributed by atoms with E-state index >= 15 is 0 Å². The normalized spacial score (nSPS) is 10.3. The predicted molar refractivity (Wildman–Crippen MR) is 67.1 cm³/mol. The molecule has 1 aromatic rings. The Morgan fingerprint density at radius 3 is 2.82 bits per heavy atom. The number of nitrogens with zero attached hydrogens (tertiary/aromatic N) is 1. The fourth-order valence-electron chi connectivity index (χ4n) is 1.47. The molecule has 0 amide bonds. The van der Waals surface area contributed by atoms with Gasteiger partial charge in [0.25, 0.3) is 0 Å². The molecule has 1 rings (SSSR count). The Morgan fingerprint density at radius 2 is 2.29 bits per heavy atom. The van der Waals surface area contributed by atoms with E-state index in [4.69, 9.17) is 4.74 Å². The first kappa shape index (κ1) is 13.2. The molecule has 0 saturated heterocycles. The number of nitro groups is 1. The summed E-state index contributed by atoms with van der Waals surface area (Å²) in [5, 5.41) is 11.1. The highest BCUT2D eigenvalue weighted by Gasteiger charge is 2.23. The molecule has 1 aromatic carbocycles. The van der Waals surface area contributed by atoms with Crippen LogP contribution < -0.4 is 4.74 Å². The van der Waals surface area contributed by atoms with Crippen LogP contribution in [-0.2, 0) is 0 Å². The Morgan fingerprint density at radius 1 is 1.59 bits per heavy atom. The maximum Gasteiger partial charge on any atom is 0.314 e. The molecule has 0 bridgehead atoms. The van der Waals surface area contributed by atoms with Crippen LogP contribution >= 0.6 is 0 Å². The SMILES string of the molecule is C=C[C](C)c1cccc(OCCC)c1[N+](=O)[O-]. The molecule has 91 valence electrons. The summed E-state index contributed by atoms with van der Waals surface area (Å²) < 4.78 is 5.39. The van der Waals surface area contributed by atoms with Gasteiger partial charge in [-0.2, -0.15) is 0 Å². The Balaban J connectivity index is 3.21. The van der Waals surface area contributed by atoms with E-state index in [1.807, 2.05) is 6.92 Å². The van der Waals surface area contributed by atoms with Crippen molar-refractivity contribution in [3.63, 3.8) is 0 Å². The van der Waals surface area contributed by atoms with Gasteiger partial charge < -0.3 is 4.74 Å². The van der Waals surface area contributed by atoms with E-state index in [1.54, 1.807) is 31.2 Å². The minimum atomic E-state index is -0.409. The molecule has 0 atom stereocenters. The predicted octanol–water partition coefficient (Wildman–Crippen LogP) is 3.51. The molecule has 0 spiro atoms. The van der Waals surface area contributed by atoms with Crippen LogP contribution in [0.2, 0.25) is 0 Å². The quantitative estimate of drug-likeness (QED) is 0.559. The molecule has 1 radical (unpaired) electrons. The van der Waals surface area contributed by atoms with E-state index in [2.05, 4.69) is 6.58 Å². The first-order chi connectivity index (χ1) is 8.11. The first-order valence-corrected chi connectivity index (χ1v) is 5.48. The van der Waals surface area contributed by atoms with Crippen LogP contribution in [0.25, 0.3) is 0 Å². The summed E-state index contributed by atoms with van der Waals surface area (Å²) in [5.74, 6) is 1.08. The third-order valence-electron chi connectivity index (χ3n) is 2.37. The summed E-state index contributed by atoms with van der Waals surface area (Å²) in [5.41, 5.74) is 0.567. The van der Waals surface area contributed by atoms with Crippen LogP contribution in [0.4, 0.5) is 5.69 Å². The maximum atomic E-state index is 11.1. The molecule has 17 heavy (non-hydrogen) atoms. The summed E-state index contributed by atoms with van der Waals surface area (Å²) in [6, 6.07) is 5.07. The molecular weight excluding hydrogens is 218 g/mol. The zero-order chi connectivity index (χ0) is 12.8. The molecule has 0 saturated carbocycles. The largest absolute Gasteiger partial charge is 0.487 e. The van der Waals surface area contributed by atoms with Crippen molar-refractivity contribution in [2.45, 2.75) is 20.3 Å². The lowest BCUT2D eigenvalue weighted by molar-refractivity contribution is -0.386. The van der Waals surface area contributed by atoms with Gasteiger partial charge in [-0.25, -0.2) is 0 Å². The van der Waals surface area contributed by atoms with Crippen molar-refractivity contribution in [3.8, 4) is 5.75 Å². The lowest BCUT2D eigenvalue weighted by atomic mass is 9.99. The standard InChI is InChI=1S/C13H16NO3/c1-4-9-17-12-8-6-7-11(10(3)5-2)13(12)14(15)16/h5-8H,2,4,9H2,1,3H3. The minimum Gasteiger partial charge on any atom is -0.487 e. The van der Waals surface area contributed by atoms with E-state index in [0.717, 1.165) is 12.3 Å². The van der Waals surface area contributed by atoms with Gasteiger partial charge >= 0.3 is 5.69 Å². The highest BCUT2D eigenvalue weighted by Crippen LogP contribution is 2.35. The topological polar surface area (TPSA) is 52.4 Å². The van der Waals surface area contributed by atoms with Crippen LogP contribution in [-0.4, -0.2) is 11.5 Å². The highest BCUT2D eigenvalue weighted by molar-refractivity contribution is 5.59. The van der Waals surface area contributed by atoms with Crippen molar-refractivity contribution in [3.05, 3.63) is 52.4 Å². The van der Waals surface area contributed by atoms with E-state index in [9.17, 15) is 10.1 Å². The van der Waals surface area contributed by atoms with Crippen molar-refractivity contribution in [2.24, 2.45) is 0 Å². The molecule has 0 heterocycles. The lowest BCUT2D eigenvalue weighted by Crippen LogP contribution is -2.03. The molecule has 4 heteroatoms. The van der Waals surface area contributed by atoms with Gasteiger partial charge in [-0.05, 0) is 12.5 Å². The minimum absolute atomic E-state index is 0.0124. The van der Waals surface area contributed by atoms with E-state index in [0.29, 0.717) is 17.9 Å². The monoisotopic (exact) mass is 234 g/mol. The third-order valence-corrected chi connectivity index (χ3v) is 2.37. The number of allylic oxidation sites excluding steroid dienone is 1. The maximum absolute atomic E-state index is 11.1. The average Bonchev–Trinajstić information content (AvgIpc) is 2.34. The fraction of sp³-hybridized carbons (Fsp3) is 0.308. The first-order valence-electron chi connectivity index (χ1n) is 5.48. The summed E-state index contributed by atoms with van der Waals surface area (Å²) in [7, 11) is 0. The van der Waals surface area contributed by atoms with Gasteiger partial charge in [0.1, 0.15) is 0 Å². The van der Waals surface area contributed by atoms with Crippen LogP contribution in [0.15, 0.2) is 30.9 Å².